The summed E-state index contributed by atoms with van der Waals surface area (Å²) in [5.41, 5.74) is 2.68. The lowest BCUT2D eigenvalue weighted by atomic mass is 10.1. The van der Waals surface area contributed by atoms with Gasteiger partial charge in [0.15, 0.2) is 0 Å². The summed E-state index contributed by atoms with van der Waals surface area (Å²) in [5.74, 6) is 0. The molecule has 104 valence electrons. The lowest BCUT2D eigenvalue weighted by Gasteiger charge is -2.19. The standard InChI is InChI=1S/C14H14BrN3O2/c1-17(10-12-4-2-3-7-16-12)13-5-6-14(18(19)20)11(8-13)9-15/h2-8H,9-10H2,1H3. The van der Waals surface area contributed by atoms with Gasteiger partial charge < -0.3 is 4.90 Å². The zero-order valence-corrected chi connectivity index (χ0v) is 12.6. The number of nitro groups is 1. The minimum absolute atomic E-state index is 0.136. The number of aromatic nitrogens is 1. The third-order valence-electron chi connectivity index (χ3n) is 2.97. The van der Waals surface area contributed by atoms with Gasteiger partial charge in [-0.3, -0.25) is 15.1 Å². The zero-order chi connectivity index (χ0) is 14.5. The second kappa shape index (κ2) is 6.47. The van der Waals surface area contributed by atoms with Crippen molar-refractivity contribution < 1.29 is 4.92 Å². The molecule has 2 aromatic rings. The van der Waals surface area contributed by atoms with E-state index in [2.05, 4.69) is 20.9 Å². The third-order valence-corrected chi connectivity index (χ3v) is 3.57. The second-order valence-electron chi connectivity index (χ2n) is 4.38. The Morgan fingerprint density at radius 1 is 1.35 bits per heavy atom. The summed E-state index contributed by atoms with van der Waals surface area (Å²) in [4.78, 5) is 16.8. The number of rotatable bonds is 5. The topological polar surface area (TPSA) is 59.3 Å². The van der Waals surface area contributed by atoms with E-state index < -0.39 is 0 Å². The Labute approximate surface area is 125 Å². The first kappa shape index (κ1) is 14.5. The Balaban J connectivity index is 2.22. The molecule has 0 aliphatic rings. The van der Waals surface area contributed by atoms with Crippen LogP contribution in [0.25, 0.3) is 0 Å². The Hall–Kier alpha value is -1.95. The van der Waals surface area contributed by atoms with Crippen LogP contribution in [0.3, 0.4) is 0 Å². The van der Waals surface area contributed by atoms with Gasteiger partial charge in [-0.25, -0.2) is 0 Å². The van der Waals surface area contributed by atoms with E-state index in [0.717, 1.165) is 11.4 Å². The monoisotopic (exact) mass is 335 g/mol. The fourth-order valence-corrected chi connectivity index (χ4v) is 2.37. The Morgan fingerprint density at radius 3 is 2.75 bits per heavy atom. The maximum atomic E-state index is 10.9. The summed E-state index contributed by atoms with van der Waals surface area (Å²) < 4.78 is 0. The summed E-state index contributed by atoms with van der Waals surface area (Å²) >= 11 is 3.29. The molecular formula is C14H14BrN3O2. The van der Waals surface area contributed by atoms with Gasteiger partial charge in [-0.15, -0.1) is 0 Å². The van der Waals surface area contributed by atoms with Gasteiger partial charge in [0, 0.05) is 35.9 Å². The maximum Gasteiger partial charge on any atom is 0.273 e. The van der Waals surface area contributed by atoms with Gasteiger partial charge in [-0.1, -0.05) is 22.0 Å². The van der Waals surface area contributed by atoms with Crippen LogP contribution in [0.4, 0.5) is 11.4 Å². The van der Waals surface area contributed by atoms with Crippen LogP contribution >= 0.6 is 15.9 Å². The molecule has 0 N–H and O–H groups in total. The normalized spacial score (nSPS) is 10.3. The van der Waals surface area contributed by atoms with E-state index in [9.17, 15) is 10.1 Å². The van der Waals surface area contributed by atoms with Gasteiger partial charge in [-0.2, -0.15) is 0 Å². The van der Waals surface area contributed by atoms with E-state index in [1.807, 2.05) is 36.2 Å². The first-order valence-corrected chi connectivity index (χ1v) is 7.18. The van der Waals surface area contributed by atoms with Crippen molar-refractivity contribution in [3.05, 3.63) is 64.0 Å². The molecule has 6 heteroatoms. The molecular weight excluding hydrogens is 322 g/mol. The van der Waals surface area contributed by atoms with Gasteiger partial charge in [0.1, 0.15) is 0 Å². The fourth-order valence-electron chi connectivity index (χ4n) is 1.92. The number of anilines is 1. The number of nitro benzene ring substituents is 1. The van der Waals surface area contributed by atoms with E-state index >= 15 is 0 Å². The zero-order valence-electron chi connectivity index (χ0n) is 11.0. The predicted molar refractivity (Wildman–Crippen MR) is 82.1 cm³/mol. The third kappa shape index (κ3) is 3.33. The van der Waals surface area contributed by atoms with Crippen LogP contribution in [0.2, 0.25) is 0 Å². The number of nitrogens with zero attached hydrogens (tertiary/aromatic N) is 3. The molecule has 0 spiro atoms. The average molecular weight is 336 g/mol. The molecule has 0 saturated heterocycles. The molecule has 0 fully saturated rings. The highest BCUT2D eigenvalue weighted by atomic mass is 79.9. The van der Waals surface area contributed by atoms with Crippen molar-refractivity contribution in [2.75, 3.05) is 11.9 Å². The summed E-state index contributed by atoms with van der Waals surface area (Å²) in [7, 11) is 1.94. The average Bonchev–Trinajstić information content (AvgIpc) is 2.47. The Morgan fingerprint density at radius 2 is 2.15 bits per heavy atom. The highest BCUT2D eigenvalue weighted by molar-refractivity contribution is 9.08. The van der Waals surface area contributed by atoms with Crippen LogP contribution in [0.15, 0.2) is 42.6 Å². The quantitative estimate of drug-likeness (QED) is 0.476. The van der Waals surface area contributed by atoms with Crippen LogP contribution < -0.4 is 4.90 Å². The molecule has 0 unspecified atom stereocenters. The fraction of sp³-hybridized carbons (Fsp3) is 0.214. The van der Waals surface area contributed by atoms with E-state index in [-0.39, 0.29) is 10.6 Å². The molecule has 0 bridgehead atoms. The lowest BCUT2D eigenvalue weighted by Crippen LogP contribution is -2.17. The number of hydrogen-bond donors (Lipinski definition) is 0. The predicted octanol–water partition coefficient (Wildman–Crippen LogP) is 3.52. The number of benzene rings is 1. The van der Waals surface area contributed by atoms with Crippen molar-refractivity contribution >= 4 is 27.3 Å². The molecule has 1 aromatic carbocycles. The van der Waals surface area contributed by atoms with Crippen molar-refractivity contribution in [3.8, 4) is 0 Å². The Kier molecular flexibility index (Phi) is 4.68. The van der Waals surface area contributed by atoms with Crippen LogP contribution in [-0.2, 0) is 11.9 Å². The van der Waals surface area contributed by atoms with Gasteiger partial charge in [0.2, 0.25) is 0 Å². The van der Waals surface area contributed by atoms with Gasteiger partial charge >= 0.3 is 0 Å². The van der Waals surface area contributed by atoms with E-state index in [1.54, 1.807) is 18.3 Å². The molecule has 2 rings (SSSR count). The highest BCUT2D eigenvalue weighted by Gasteiger charge is 2.14. The SMILES string of the molecule is CN(Cc1ccccn1)c1ccc([N+](=O)[O-])c(CBr)c1. The van der Waals surface area contributed by atoms with Crippen LogP contribution in [0.5, 0.6) is 0 Å². The van der Waals surface area contributed by atoms with Gasteiger partial charge in [-0.05, 0) is 24.3 Å². The number of pyridine rings is 1. The minimum Gasteiger partial charge on any atom is -0.369 e. The number of alkyl halides is 1. The van der Waals surface area contributed by atoms with Crippen molar-refractivity contribution in [2.24, 2.45) is 0 Å². The summed E-state index contributed by atoms with van der Waals surface area (Å²) in [6.45, 7) is 0.653. The van der Waals surface area contributed by atoms with Crippen LogP contribution in [0, 0.1) is 10.1 Å². The van der Waals surface area contributed by atoms with Gasteiger partial charge in [0.05, 0.1) is 17.2 Å². The summed E-state index contributed by atoms with van der Waals surface area (Å²) in [6.07, 6.45) is 1.75. The molecule has 20 heavy (non-hydrogen) atoms. The molecule has 0 saturated carbocycles. The van der Waals surface area contributed by atoms with E-state index in [4.69, 9.17) is 0 Å². The molecule has 1 heterocycles. The lowest BCUT2D eigenvalue weighted by molar-refractivity contribution is -0.385. The van der Waals surface area contributed by atoms with Crippen molar-refractivity contribution in [3.63, 3.8) is 0 Å². The van der Waals surface area contributed by atoms with Crippen molar-refractivity contribution in [1.82, 2.24) is 4.98 Å². The summed E-state index contributed by atoms with van der Waals surface area (Å²) in [5, 5.41) is 11.4. The van der Waals surface area contributed by atoms with Crippen molar-refractivity contribution in [2.45, 2.75) is 11.9 Å². The van der Waals surface area contributed by atoms with E-state index in [0.29, 0.717) is 17.4 Å². The molecule has 1 aromatic heterocycles. The minimum atomic E-state index is -0.362. The van der Waals surface area contributed by atoms with Crippen LogP contribution in [0.1, 0.15) is 11.3 Å². The first-order valence-electron chi connectivity index (χ1n) is 6.06. The van der Waals surface area contributed by atoms with Gasteiger partial charge in [0.25, 0.3) is 5.69 Å². The van der Waals surface area contributed by atoms with Crippen LogP contribution in [-0.4, -0.2) is 17.0 Å². The maximum absolute atomic E-state index is 10.9. The molecule has 0 amide bonds. The molecule has 0 aliphatic heterocycles. The summed E-state index contributed by atoms with van der Waals surface area (Å²) in [6, 6.07) is 10.9. The first-order chi connectivity index (χ1) is 9.61. The largest absolute Gasteiger partial charge is 0.369 e. The number of hydrogen-bond acceptors (Lipinski definition) is 4. The molecule has 0 atom stereocenters. The Bertz CT molecular complexity index is 605. The van der Waals surface area contributed by atoms with E-state index in [1.165, 1.54) is 0 Å². The van der Waals surface area contributed by atoms with Crippen molar-refractivity contribution in [1.29, 1.82) is 0 Å². The molecule has 0 aliphatic carbocycles. The number of halogens is 1. The smallest absolute Gasteiger partial charge is 0.273 e. The molecule has 0 radical (unpaired) electrons. The molecule has 5 nitrogen and oxygen atoms in total. The second-order valence-corrected chi connectivity index (χ2v) is 4.94. The highest BCUT2D eigenvalue weighted by Crippen LogP contribution is 2.26.